The fourth-order valence-electron chi connectivity index (χ4n) is 2.45. The summed E-state index contributed by atoms with van der Waals surface area (Å²) in [6.45, 7) is 1.74. The molecule has 2 aromatic rings. The van der Waals surface area contributed by atoms with Gasteiger partial charge in [0.1, 0.15) is 17.3 Å². The lowest BCUT2D eigenvalue weighted by Gasteiger charge is -2.20. The van der Waals surface area contributed by atoms with Crippen molar-refractivity contribution in [2.75, 3.05) is 18.4 Å². The molecular weight excluding hydrogens is 362 g/mol. The van der Waals surface area contributed by atoms with Crippen molar-refractivity contribution in [1.82, 2.24) is 4.90 Å². The first-order valence-electron chi connectivity index (χ1n) is 8.17. The van der Waals surface area contributed by atoms with E-state index in [1.807, 2.05) is 12.1 Å². The zero-order chi connectivity index (χ0) is 19.1. The maximum absolute atomic E-state index is 13.6. The van der Waals surface area contributed by atoms with Crippen LogP contribution in [0.2, 0.25) is 5.02 Å². The lowest BCUT2D eigenvalue weighted by atomic mass is 10.1. The molecule has 0 saturated carbocycles. The van der Waals surface area contributed by atoms with Crippen LogP contribution in [0, 0.1) is 11.6 Å². The molecule has 0 aliphatic heterocycles. The van der Waals surface area contributed by atoms with Gasteiger partial charge >= 0.3 is 0 Å². The van der Waals surface area contributed by atoms with Gasteiger partial charge in [0.2, 0.25) is 11.8 Å². The molecule has 0 aromatic heterocycles. The number of halogens is 3. The fraction of sp³-hybridized carbons (Fsp3) is 0.263. The number of nitrogens with one attached hydrogen (secondary N) is 1. The van der Waals surface area contributed by atoms with Crippen LogP contribution in [0.1, 0.15) is 18.9 Å². The minimum atomic E-state index is -0.869. The van der Waals surface area contributed by atoms with Gasteiger partial charge in [-0.15, -0.1) is 0 Å². The number of benzene rings is 2. The van der Waals surface area contributed by atoms with E-state index in [2.05, 4.69) is 5.32 Å². The van der Waals surface area contributed by atoms with Crippen LogP contribution >= 0.6 is 11.6 Å². The summed E-state index contributed by atoms with van der Waals surface area (Å²) in [6, 6.07) is 10.5. The highest BCUT2D eigenvalue weighted by Gasteiger charge is 2.18. The molecule has 7 heteroatoms. The molecule has 2 amide bonds. The third kappa shape index (κ3) is 5.26. The van der Waals surface area contributed by atoms with Crippen molar-refractivity contribution in [1.29, 1.82) is 0 Å². The van der Waals surface area contributed by atoms with Gasteiger partial charge in [-0.2, -0.15) is 0 Å². The van der Waals surface area contributed by atoms with Crippen molar-refractivity contribution >= 4 is 29.1 Å². The van der Waals surface area contributed by atoms with Gasteiger partial charge < -0.3 is 10.2 Å². The number of rotatable bonds is 7. The lowest BCUT2D eigenvalue weighted by molar-refractivity contribution is -0.134. The van der Waals surface area contributed by atoms with E-state index in [0.717, 1.165) is 17.7 Å². The number of amides is 2. The third-order valence-corrected chi connectivity index (χ3v) is 4.23. The van der Waals surface area contributed by atoms with Crippen molar-refractivity contribution in [3.63, 3.8) is 0 Å². The van der Waals surface area contributed by atoms with Gasteiger partial charge in [0.05, 0.1) is 6.54 Å². The van der Waals surface area contributed by atoms with E-state index in [1.165, 1.54) is 11.0 Å². The smallest absolute Gasteiger partial charge is 0.244 e. The molecule has 4 nitrogen and oxygen atoms in total. The third-order valence-electron chi connectivity index (χ3n) is 3.86. The average Bonchev–Trinajstić information content (AvgIpc) is 2.62. The standard InChI is InChI=1S/C19H19ClF2N2O2/c1-2-24(18(26)11-10-13-6-3-4-7-14(13)20)12-17(25)23-19-15(21)8-5-9-16(19)22/h3-9H,2,10-12H2,1H3,(H,23,25). The molecule has 0 saturated heterocycles. The molecule has 2 aromatic carbocycles. The summed E-state index contributed by atoms with van der Waals surface area (Å²) in [7, 11) is 0. The number of hydrogen-bond donors (Lipinski definition) is 1. The van der Waals surface area contributed by atoms with E-state index in [-0.39, 0.29) is 18.9 Å². The van der Waals surface area contributed by atoms with Crippen LogP contribution in [0.15, 0.2) is 42.5 Å². The Bertz CT molecular complexity index is 779. The van der Waals surface area contributed by atoms with Gasteiger partial charge in [0.15, 0.2) is 0 Å². The van der Waals surface area contributed by atoms with Crippen LogP contribution in [0.5, 0.6) is 0 Å². The summed E-state index contributed by atoms with van der Waals surface area (Å²) in [5.41, 5.74) is 0.327. The molecule has 0 spiro atoms. The van der Waals surface area contributed by atoms with Gasteiger partial charge in [-0.25, -0.2) is 8.78 Å². The summed E-state index contributed by atoms with van der Waals surface area (Å²) < 4.78 is 27.2. The second-order valence-corrected chi connectivity index (χ2v) is 6.05. The number of carbonyl (C=O) groups is 2. The van der Waals surface area contributed by atoms with E-state index in [0.29, 0.717) is 18.0 Å². The van der Waals surface area contributed by atoms with Crippen LogP contribution < -0.4 is 5.32 Å². The number of hydrogen-bond acceptors (Lipinski definition) is 2. The van der Waals surface area contributed by atoms with Gasteiger partial charge in [-0.1, -0.05) is 35.9 Å². The summed E-state index contributed by atoms with van der Waals surface area (Å²) in [6.07, 6.45) is 0.622. The minimum Gasteiger partial charge on any atom is -0.334 e. The molecule has 0 unspecified atom stereocenters. The van der Waals surface area contributed by atoms with Crippen molar-refractivity contribution in [2.24, 2.45) is 0 Å². The summed E-state index contributed by atoms with van der Waals surface area (Å²) in [5.74, 6) is -2.64. The normalized spacial score (nSPS) is 10.5. The van der Waals surface area contributed by atoms with Gasteiger partial charge in [-0.05, 0) is 37.1 Å². The van der Waals surface area contributed by atoms with E-state index in [9.17, 15) is 18.4 Å². The number of carbonyl (C=O) groups excluding carboxylic acids is 2. The number of para-hydroxylation sites is 1. The highest BCUT2D eigenvalue weighted by molar-refractivity contribution is 6.31. The van der Waals surface area contributed by atoms with E-state index in [1.54, 1.807) is 19.1 Å². The van der Waals surface area contributed by atoms with Crippen molar-refractivity contribution in [3.05, 3.63) is 64.7 Å². The Hall–Kier alpha value is -2.47. The number of nitrogens with zero attached hydrogens (tertiary/aromatic N) is 1. The molecule has 0 atom stereocenters. The molecule has 1 N–H and O–H groups in total. The second-order valence-electron chi connectivity index (χ2n) is 5.64. The predicted molar refractivity (Wildman–Crippen MR) is 97.0 cm³/mol. The zero-order valence-corrected chi connectivity index (χ0v) is 15.0. The number of aryl methyl sites for hydroxylation is 1. The minimum absolute atomic E-state index is 0.179. The molecule has 138 valence electrons. The topological polar surface area (TPSA) is 49.4 Å². The van der Waals surface area contributed by atoms with Crippen LogP contribution in [0.3, 0.4) is 0 Å². The molecule has 0 aliphatic rings. The van der Waals surface area contributed by atoms with Gasteiger partial charge in [0, 0.05) is 18.0 Å². The molecule has 26 heavy (non-hydrogen) atoms. The van der Waals surface area contributed by atoms with Crippen molar-refractivity contribution in [2.45, 2.75) is 19.8 Å². The van der Waals surface area contributed by atoms with E-state index >= 15 is 0 Å². The Labute approximate surface area is 155 Å². The maximum Gasteiger partial charge on any atom is 0.244 e. The molecule has 0 bridgehead atoms. The van der Waals surface area contributed by atoms with E-state index < -0.39 is 23.2 Å². The molecule has 2 rings (SSSR count). The SMILES string of the molecule is CCN(CC(=O)Nc1c(F)cccc1F)C(=O)CCc1ccccc1Cl. The highest BCUT2D eigenvalue weighted by atomic mass is 35.5. The average molecular weight is 381 g/mol. The predicted octanol–water partition coefficient (Wildman–Crippen LogP) is 4.04. The second kappa shape index (κ2) is 9.29. The maximum atomic E-state index is 13.6. The molecule has 0 radical (unpaired) electrons. The fourth-order valence-corrected chi connectivity index (χ4v) is 2.68. The quantitative estimate of drug-likeness (QED) is 0.788. The van der Waals surface area contributed by atoms with Crippen LogP contribution in [-0.2, 0) is 16.0 Å². The Kier molecular flexibility index (Phi) is 7.09. The Morgan fingerprint density at radius 2 is 1.73 bits per heavy atom. The molecule has 0 heterocycles. The van der Waals surface area contributed by atoms with Crippen LogP contribution in [0.25, 0.3) is 0 Å². The Morgan fingerprint density at radius 3 is 2.35 bits per heavy atom. The summed E-state index contributed by atoms with van der Waals surface area (Å²) >= 11 is 6.07. The highest BCUT2D eigenvalue weighted by Crippen LogP contribution is 2.19. The van der Waals surface area contributed by atoms with Crippen LogP contribution in [0.4, 0.5) is 14.5 Å². The van der Waals surface area contributed by atoms with Gasteiger partial charge in [-0.3, -0.25) is 9.59 Å². The van der Waals surface area contributed by atoms with E-state index in [4.69, 9.17) is 11.6 Å². The van der Waals surface area contributed by atoms with Crippen molar-refractivity contribution in [3.8, 4) is 0 Å². The molecule has 0 aliphatic carbocycles. The summed E-state index contributed by atoms with van der Waals surface area (Å²) in [5, 5.41) is 2.76. The Balaban J connectivity index is 1.94. The molecule has 0 fully saturated rings. The van der Waals surface area contributed by atoms with Crippen LogP contribution in [-0.4, -0.2) is 29.8 Å². The zero-order valence-electron chi connectivity index (χ0n) is 14.3. The lowest BCUT2D eigenvalue weighted by Crippen LogP contribution is -2.38. The Morgan fingerprint density at radius 1 is 1.08 bits per heavy atom. The molecular formula is C19H19ClF2N2O2. The number of likely N-dealkylation sites (N-methyl/N-ethyl adjacent to an activating group) is 1. The summed E-state index contributed by atoms with van der Waals surface area (Å²) in [4.78, 5) is 25.7. The first-order chi connectivity index (χ1) is 12.4. The van der Waals surface area contributed by atoms with Gasteiger partial charge in [0.25, 0.3) is 0 Å². The number of anilines is 1. The largest absolute Gasteiger partial charge is 0.334 e. The first-order valence-corrected chi connectivity index (χ1v) is 8.55. The van der Waals surface area contributed by atoms with Crippen molar-refractivity contribution < 1.29 is 18.4 Å². The first kappa shape index (κ1) is 19.8. The monoisotopic (exact) mass is 380 g/mol.